The lowest BCUT2D eigenvalue weighted by Gasteiger charge is -2.12. The van der Waals surface area contributed by atoms with Gasteiger partial charge in [-0.25, -0.2) is 0 Å². The topological polar surface area (TPSA) is 59.8 Å². The van der Waals surface area contributed by atoms with E-state index in [4.69, 9.17) is 0 Å². The smallest absolute Gasteiger partial charge is 0.237 e. The van der Waals surface area contributed by atoms with Crippen molar-refractivity contribution in [1.82, 2.24) is 14.8 Å². The van der Waals surface area contributed by atoms with E-state index in [1.54, 1.807) is 0 Å². The van der Waals surface area contributed by atoms with Crippen LogP contribution in [0.3, 0.4) is 0 Å². The Morgan fingerprint density at radius 1 is 1.15 bits per heavy atom. The number of benzene rings is 2. The molecule has 1 aromatic heterocycles. The monoisotopic (exact) mass is 428 g/mol. The van der Waals surface area contributed by atoms with Crippen molar-refractivity contribution in [2.24, 2.45) is 7.05 Å². The number of aromatic nitrogens is 3. The van der Waals surface area contributed by atoms with Crippen molar-refractivity contribution in [2.75, 3.05) is 5.32 Å². The van der Waals surface area contributed by atoms with Crippen LogP contribution in [0.1, 0.15) is 12.0 Å². The van der Waals surface area contributed by atoms with Gasteiger partial charge in [-0.2, -0.15) is 0 Å². The van der Waals surface area contributed by atoms with Crippen LogP contribution in [0, 0.1) is 0 Å². The molecule has 0 unspecified atom stereocenters. The SMILES string of the molecule is Cn1c(S[C@H]2CCc3ccccc3NC2=O)nnc1-c1ccccc1Br. The van der Waals surface area contributed by atoms with Crippen LogP contribution in [0.15, 0.2) is 58.2 Å². The number of thioether (sulfide) groups is 1. The van der Waals surface area contributed by atoms with Gasteiger partial charge in [-0.1, -0.05) is 64.1 Å². The summed E-state index contributed by atoms with van der Waals surface area (Å²) in [6.45, 7) is 0. The zero-order chi connectivity index (χ0) is 18.1. The predicted molar refractivity (Wildman–Crippen MR) is 107 cm³/mol. The highest BCUT2D eigenvalue weighted by Crippen LogP contribution is 2.33. The molecule has 7 heteroatoms. The Balaban J connectivity index is 1.57. The van der Waals surface area contributed by atoms with Crippen molar-refractivity contribution in [1.29, 1.82) is 0 Å². The van der Waals surface area contributed by atoms with E-state index in [2.05, 4.69) is 37.5 Å². The number of amides is 1. The summed E-state index contributed by atoms with van der Waals surface area (Å²) in [5.74, 6) is 0.794. The van der Waals surface area contributed by atoms with E-state index in [-0.39, 0.29) is 11.2 Å². The van der Waals surface area contributed by atoms with E-state index < -0.39 is 0 Å². The molecular weight excluding hydrogens is 412 g/mol. The Labute approximate surface area is 164 Å². The number of hydrogen-bond acceptors (Lipinski definition) is 4. The Kier molecular flexibility index (Phi) is 4.82. The largest absolute Gasteiger partial charge is 0.325 e. The second kappa shape index (κ2) is 7.25. The summed E-state index contributed by atoms with van der Waals surface area (Å²) in [7, 11) is 1.93. The first kappa shape index (κ1) is 17.3. The number of rotatable bonds is 3. The van der Waals surface area contributed by atoms with Gasteiger partial charge in [0.15, 0.2) is 11.0 Å². The summed E-state index contributed by atoms with van der Waals surface area (Å²) in [5.41, 5.74) is 3.07. The fraction of sp³-hybridized carbons (Fsp3) is 0.211. The van der Waals surface area contributed by atoms with E-state index in [1.807, 2.05) is 54.1 Å². The molecule has 1 atom stereocenters. The Bertz CT molecular complexity index is 972. The van der Waals surface area contributed by atoms with E-state index in [0.717, 1.165) is 39.5 Å². The predicted octanol–water partition coefficient (Wildman–Crippen LogP) is 4.29. The summed E-state index contributed by atoms with van der Waals surface area (Å²) in [5, 5.41) is 12.2. The van der Waals surface area contributed by atoms with Crippen LogP contribution >= 0.6 is 27.7 Å². The normalized spacial score (nSPS) is 16.7. The van der Waals surface area contributed by atoms with Gasteiger partial charge in [-0.3, -0.25) is 4.79 Å². The molecule has 2 heterocycles. The zero-order valence-electron chi connectivity index (χ0n) is 14.1. The van der Waals surface area contributed by atoms with Crippen LogP contribution in [0.5, 0.6) is 0 Å². The van der Waals surface area contributed by atoms with Crippen LogP contribution in [0.25, 0.3) is 11.4 Å². The standard InChI is InChI=1S/C19H17BrN4OS/c1-24-17(13-7-3-4-8-14(13)20)22-23-19(24)26-16-11-10-12-6-2-5-9-15(12)21-18(16)25/h2-9,16H,10-11H2,1H3,(H,21,25)/t16-/m0/s1. The third-order valence-corrected chi connectivity index (χ3v) is 6.43. The molecule has 5 nitrogen and oxygen atoms in total. The molecule has 0 saturated heterocycles. The Morgan fingerprint density at radius 3 is 2.77 bits per heavy atom. The summed E-state index contributed by atoms with van der Waals surface area (Å²) in [6.07, 6.45) is 1.63. The molecule has 0 saturated carbocycles. The molecule has 0 aliphatic carbocycles. The van der Waals surface area contributed by atoms with Crippen LogP contribution < -0.4 is 5.32 Å². The van der Waals surface area contributed by atoms with Crippen molar-refractivity contribution in [2.45, 2.75) is 23.2 Å². The minimum atomic E-state index is -0.197. The van der Waals surface area contributed by atoms with E-state index in [1.165, 1.54) is 17.3 Å². The van der Waals surface area contributed by atoms with Gasteiger partial charge in [0.25, 0.3) is 0 Å². The number of anilines is 1. The van der Waals surface area contributed by atoms with Crippen LogP contribution in [-0.2, 0) is 18.3 Å². The number of hydrogen-bond donors (Lipinski definition) is 1. The molecule has 0 radical (unpaired) electrons. The molecule has 3 aromatic rings. The lowest BCUT2D eigenvalue weighted by atomic mass is 10.1. The summed E-state index contributed by atoms with van der Waals surface area (Å²) in [6, 6.07) is 15.9. The lowest BCUT2D eigenvalue weighted by Crippen LogP contribution is -2.24. The van der Waals surface area contributed by atoms with E-state index >= 15 is 0 Å². The van der Waals surface area contributed by atoms with Crippen LogP contribution in [0.2, 0.25) is 0 Å². The van der Waals surface area contributed by atoms with Crippen molar-refractivity contribution in [3.8, 4) is 11.4 Å². The van der Waals surface area contributed by atoms with Gasteiger partial charge in [-0.15, -0.1) is 10.2 Å². The second-order valence-corrected chi connectivity index (χ2v) is 8.16. The van der Waals surface area contributed by atoms with Crippen molar-refractivity contribution in [3.63, 3.8) is 0 Å². The molecule has 1 aliphatic heterocycles. The summed E-state index contributed by atoms with van der Waals surface area (Å²) >= 11 is 5.03. The summed E-state index contributed by atoms with van der Waals surface area (Å²) < 4.78 is 2.91. The number of nitrogens with zero attached hydrogens (tertiary/aromatic N) is 3. The molecule has 0 fully saturated rings. The number of halogens is 1. The molecule has 26 heavy (non-hydrogen) atoms. The van der Waals surface area contributed by atoms with Gasteiger partial charge in [-0.05, 0) is 30.5 Å². The van der Waals surface area contributed by atoms with Gasteiger partial charge >= 0.3 is 0 Å². The maximum absolute atomic E-state index is 12.6. The van der Waals surface area contributed by atoms with E-state index in [0.29, 0.717) is 0 Å². The van der Waals surface area contributed by atoms with Gasteiger partial charge in [0.1, 0.15) is 0 Å². The number of fused-ring (bicyclic) bond motifs is 1. The maximum Gasteiger partial charge on any atom is 0.237 e. The van der Waals surface area contributed by atoms with Crippen LogP contribution in [-0.4, -0.2) is 25.9 Å². The van der Waals surface area contributed by atoms with Gasteiger partial charge in [0.2, 0.25) is 5.91 Å². The lowest BCUT2D eigenvalue weighted by molar-refractivity contribution is -0.115. The maximum atomic E-state index is 12.6. The van der Waals surface area contributed by atoms with Gasteiger partial charge in [0.05, 0.1) is 5.25 Å². The number of para-hydroxylation sites is 1. The fourth-order valence-electron chi connectivity index (χ4n) is 3.03. The van der Waals surface area contributed by atoms with Crippen molar-refractivity contribution < 1.29 is 4.79 Å². The first-order valence-electron chi connectivity index (χ1n) is 8.33. The quantitative estimate of drug-likeness (QED) is 0.675. The number of carbonyl (C=O) groups is 1. The third-order valence-electron chi connectivity index (χ3n) is 4.44. The first-order valence-corrected chi connectivity index (χ1v) is 10.0. The minimum absolute atomic E-state index is 0.0189. The highest BCUT2D eigenvalue weighted by atomic mass is 79.9. The minimum Gasteiger partial charge on any atom is -0.325 e. The molecule has 2 aromatic carbocycles. The number of carbonyl (C=O) groups excluding carboxylic acids is 1. The third kappa shape index (κ3) is 3.29. The van der Waals surface area contributed by atoms with Gasteiger partial charge in [0, 0.05) is 22.8 Å². The van der Waals surface area contributed by atoms with Gasteiger partial charge < -0.3 is 9.88 Å². The zero-order valence-corrected chi connectivity index (χ0v) is 16.5. The average molecular weight is 429 g/mol. The highest BCUT2D eigenvalue weighted by Gasteiger charge is 2.26. The molecule has 4 rings (SSSR count). The molecule has 1 N–H and O–H groups in total. The highest BCUT2D eigenvalue weighted by molar-refractivity contribution is 9.10. The van der Waals surface area contributed by atoms with Crippen molar-refractivity contribution in [3.05, 3.63) is 58.6 Å². The van der Waals surface area contributed by atoms with Crippen LogP contribution in [0.4, 0.5) is 5.69 Å². The Hall–Kier alpha value is -2.12. The first-order chi connectivity index (χ1) is 12.6. The molecular formula is C19H17BrN4OS. The average Bonchev–Trinajstić information content (AvgIpc) is 2.91. The number of nitrogens with one attached hydrogen (secondary N) is 1. The molecule has 0 bridgehead atoms. The fourth-order valence-corrected chi connectivity index (χ4v) is 4.48. The second-order valence-electron chi connectivity index (χ2n) is 6.14. The molecule has 0 spiro atoms. The van der Waals surface area contributed by atoms with E-state index in [9.17, 15) is 4.79 Å². The molecule has 132 valence electrons. The molecule has 1 amide bonds. The molecule has 1 aliphatic rings. The summed E-state index contributed by atoms with van der Waals surface area (Å²) in [4.78, 5) is 12.6. The number of aryl methyl sites for hydroxylation is 1. The van der Waals surface area contributed by atoms with Crippen molar-refractivity contribution >= 4 is 39.3 Å². The Morgan fingerprint density at radius 2 is 1.92 bits per heavy atom.